The summed E-state index contributed by atoms with van der Waals surface area (Å²) < 4.78 is 27.7. The minimum atomic E-state index is -0.795. The molecule has 0 saturated heterocycles. The third-order valence-corrected chi connectivity index (χ3v) is 7.23. The van der Waals surface area contributed by atoms with E-state index in [-0.39, 0.29) is 5.56 Å². The van der Waals surface area contributed by atoms with E-state index in [4.69, 9.17) is 0 Å². The van der Waals surface area contributed by atoms with Crippen LogP contribution in [-0.4, -0.2) is 0 Å². The number of halogens is 2. The van der Waals surface area contributed by atoms with Crippen molar-refractivity contribution in [3.8, 4) is 11.8 Å². The molecule has 154 valence electrons. The highest BCUT2D eigenvalue weighted by molar-refractivity contribution is 5.38. The van der Waals surface area contributed by atoms with Gasteiger partial charge in [-0.15, -0.1) is 0 Å². The second-order valence-corrected chi connectivity index (χ2v) is 9.22. The Balaban J connectivity index is 1.44. The zero-order valence-electron chi connectivity index (χ0n) is 17.7. The highest BCUT2D eigenvalue weighted by Crippen LogP contribution is 2.42. The maximum Gasteiger partial charge on any atom is 0.174 e. The molecule has 2 heteroatoms. The van der Waals surface area contributed by atoms with Gasteiger partial charge in [0.25, 0.3) is 0 Å². The van der Waals surface area contributed by atoms with Gasteiger partial charge in [0.1, 0.15) is 0 Å². The summed E-state index contributed by atoms with van der Waals surface area (Å²) in [6.45, 7) is 3.86. The lowest BCUT2D eigenvalue weighted by Gasteiger charge is -2.37. The van der Waals surface area contributed by atoms with Crippen molar-refractivity contribution in [3.63, 3.8) is 0 Å². The van der Waals surface area contributed by atoms with Crippen molar-refractivity contribution >= 4 is 0 Å². The van der Waals surface area contributed by atoms with Crippen LogP contribution in [0.3, 0.4) is 0 Å². The summed E-state index contributed by atoms with van der Waals surface area (Å²) in [5, 5.41) is 0. The van der Waals surface area contributed by atoms with Crippen molar-refractivity contribution in [1.82, 2.24) is 0 Å². The van der Waals surface area contributed by atoms with Gasteiger partial charge in [-0.2, -0.15) is 0 Å². The molecule has 0 bridgehead atoms. The molecule has 0 amide bonds. The summed E-state index contributed by atoms with van der Waals surface area (Å²) >= 11 is 0. The summed E-state index contributed by atoms with van der Waals surface area (Å²) in [5.41, 5.74) is 0.537. The lowest BCUT2D eigenvalue weighted by atomic mass is 9.69. The van der Waals surface area contributed by atoms with Gasteiger partial charge in [-0.05, 0) is 74.8 Å². The molecule has 2 aliphatic carbocycles. The Morgan fingerprint density at radius 3 is 2.14 bits per heavy atom. The molecule has 0 N–H and O–H groups in total. The molecule has 28 heavy (non-hydrogen) atoms. The van der Waals surface area contributed by atoms with Crippen LogP contribution in [0.25, 0.3) is 0 Å². The molecule has 2 aliphatic rings. The Hall–Kier alpha value is -1.36. The van der Waals surface area contributed by atoms with Crippen LogP contribution < -0.4 is 0 Å². The van der Waals surface area contributed by atoms with Crippen LogP contribution in [0.5, 0.6) is 0 Å². The van der Waals surface area contributed by atoms with Crippen LogP contribution in [-0.2, 0) is 0 Å². The van der Waals surface area contributed by atoms with Gasteiger partial charge in [0.2, 0.25) is 0 Å². The topological polar surface area (TPSA) is 0 Å². The first-order valence-corrected chi connectivity index (χ1v) is 11.5. The third-order valence-electron chi connectivity index (χ3n) is 7.23. The fourth-order valence-electron chi connectivity index (χ4n) is 5.29. The predicted octanol–water partition coefficient (Wildman–Crippen LogP) is 7.82. The van der Waals surface area contributed by atoms with Gasteiger partial charge in [-0.3, -0.25) is 0 Å². The lowest BCUT2D eigenvalue weighted by Crippen LogP contribution is -2.25. The molecule has 0 heterocycles. The maximum absolute atomic E-state index is 14.0. The second-order valence-electron chi connectivity index (χ2n) is 9.22. The first kappa shape index (κ1) is 21.4. The number of rotatable bonds is 5. The van der Waals surface area contributed by atoms with Crippen molar-refractivity contribution in [2.24, 2.45) is 23.7 Å². The molecule has 0 radical (unpaired) electrons. The van der Waals surface area contributed by atoms with E-state index in [1.54, 1.807) is 19.1 Å². The Kier molecular flexibility index (Phi) is 7.95. The van der Waals surface area contributed by atoms with Crippen LogP contribution >= 0.6 is 0 Å². The highest BCUT2D eigenvalue weighted by Gasteiger charge is 2.30. The molecule has 0 aromatic heterocycles. The standard InChI is InChI=1S/C26H36F2/c1-3-4-5-6-20-8-14-22(15-9-20)23-16-10-21(11-17-23)12-18-24-13-7-19(2)25(27)26(24)28/h7,13,20-23H,3-6,8-11,14-17H2,1-2H3/t20-,21?,22-,23?. The van der Waals surface area contributed by atoms with Crippen molar-refractivity contribution < 1.29 is 8.78 Å². The maximum atomic E-state index is 14.0. The molecule has 1 aromatic carbocycles. The van der Waals surface area contributed by atoms with Gasteiger partial charge in [0, 0.05) is 5.92 Å². The normalized spacial score (nSPS) is 27.9. The SMILES string of the molecule is CCCCC[C@H]1CC[C@H](C2CCC(C#Cc3ccc(C)c(F)c3F)CC2)CC1. The van der Waals surface area contributed by atoms with Crippen LogP contribution in [0.2, 0.25) is 0 Å². The van der Waals surface area contributed by atoms with E-state index in [2.05, 4.69) is 18.8 Å². The predicted molar refractivity (Wildman–Crippen MR) is 113 cm³/mol. The largest absolute Gasteiger partial charge is 0.203 e. The zero-order chi connectivity index (χ0) is 19.9. The second kappa shape index (κ2) is 10.4. The molecule has 0 unspecified atom stereocenters. The molecule has 0 aliphatic heterocycles. The fraction of sp³-hybridized carbons (Fsp3) is 0.692. The highest BCUT2D eigenvalue weighted by atomic mass is 19.2. The third kappa shape index (κ3) is 5.59. The van der Waals surface area contributed by atoms with Crippen molar-refractivity contribution in [3.05, 3.63) is 34.9 Å². The Morgan fingerprint density at radius 1 is 0.857 bits per heavy atom. The molecule has 1 aromatic rings. The van der Waals surface area contributed by atoms with Gasteiger partial charge in [0.05, 0.1) is 5.56 Å². The molecule has 0 nitrogen and oxygen atoms in total. The fourth-order valence-corrected chi connectivity index (χ4v) is 5.29. The minimum absolute atomic E-state index is 0.201. The van der Waals surface area contributed by atoms with Crippen molar-refractivity contribution in [2.45, 2.75) is 90.9 Å². The van der Waals surface area contributed by atoms with Crippen LogP contribution in [0.4, 0.5) is 8.78 Å². The summed E-state index contributed by atoms with van der Waals surface area (Å²) in [4.78, 5) is 0. The number of benzene rings is 1. The van der Waals surface area contributed by atoms with Gasteiger partial charge in [0.15, 0.2) is 11.6 Å². The Labute approximate surface area is 170 Å². The molecular formula is C26H36F2. The summed E-state index contributed by atoms with van der Waals surface area (Å²) in [6, 6.07) is 3.21. The van der Waals surface area contributed by atoms with E-state index in [1.807, 2.05) is 0 Å². The first-order chi connectivity index (χ1) is 13.6. The minimum Gasteiger partial charge on any atom is -0.203 e. The van der Waals surface area contributed by atoms with Crippen LogP contribution in [0.1, 0.15) is 95.1 Å². The summed E-state index contributed by atoms with van der Waals surface area (Å²) in [6.07, 6.45) is 16.0. The van der Waals surface area contributed by atoms with E-state index in [9.17, 15) is 8.78 Å². The number of unbranched alkanes of at least 4 members (excludes halogenated alkanes) is 2. The molecule has 0 spiro atoms. The quantitative estimate of drug-likeness (QED) is 0.357. The zero-order valence-corrected chi connectivity index (χ0v) is 17.7. The van der Waals surface area contributed by atoms with E-state index >= 15 is 0 Å². The molecule has 2 fully saturated rings. The van der Waals surface area contributed by atoms with E-state index in [0.29, 0.717) is 11.5 Å². The smallest absolute Gasteiger partial charge is 0.174 e. The lowest BCUT2D eigenvalue weighted by molar-refractivity contribution is 0.153. The first-order valence-electron chi connectivity index (χ1n) is 11.5. The Bertz CT molecular complexity index is 680. The molecule has 3 rings (SSSR count). The van der Waals surface area contributed by atoms with E-state index in [0.717, 1.165) is 30.6 Å². The van der Waals surface area contributed by atoms with Gasteiger partial charge >= 0.3 is 0 Å². The summed E-state index contributed by atoms with van der Waals surface area (Å²) in [5.74, 6) is 7.68. The Morgan fingerprint density at radius 2 is 1.50 bits per heavy atom. The van der Waals surface area contributed by atoms with E-state index < -0.39 is 11.6 Å². The van der Waals surface area contributed by atoms with Crippen LogP contribution in [0, 0.1) is 54.1 Å². The van der Waals surface area contributed by atoms with E-state index in [1.165, 1.54) is 64.2 Å². The monoisotopic (exact) mass is 386 g/mol. The average molecular weight is 387 g/mol. The number of aryl methyl sites for hydroxylation is 1. The molecular weight excluding hydrogens is 350 g/mol. The molecule has 2 saturated carbocycles. The molecule has 0 atom stereocenters. The number of hydrogen-bond acceptors (Lipinski definition) is 0. The van der Waals surface area contributed by atoms with Crippen molar-refractivity contribution in [2.75, 3.05) is 0 Å². The number of hydrogen-bond donors (Lipinski definition) is 0. The van der Waals surface area contributed by atoms with Crippen molar-refractivity contribution in [1.29, 1.82) is 0 Å². The summed E-state index contributed by atoms with van der Waals surface area (Å²) in [7, 11) is 0. The van der Waals surface area contributed by atoms with Gasteiger partial charge in [-0.1, -0.05) is 63.4 Å². The van der Waals surface area contributed by atoms with Gasteiger partial charge < -0.3 is 0 Å². The van der Waals surface area contributed by atoms with Crippen LogP contribution in [0.15, 0.2) is 12.1 Å². The average Bonchev–Trinajstić information content (AvgIpc) is 2.73. The van der Waals surface area contributed by atoms with Gasteiger partial charge in [-0.25, -0.2) is 8.78 Å².